The Balaban J connectivity index is 0.000000437. The molecular formula is C10H12N2O5. The van der Waals surface area contributed by atoms with Gasteiger partial charge in [-0.1, -0.05) is 6.92 Å². The Hall–Kier alpha value is -2.31. The summed E-state index contributed by atoms with van der Waals surface area (Å²) in [6.45, 7) is 1.98. The van der Waals surface area contributed by atoms with E-state index < -0.39 is 9.85 Å². The number of nitrogens with zero attached hydrogens (tertiary/aromatic N) is 2. The van der Waals surface area contributed by atoms with Crippen molar-refractivity contribution in [3.63, 3.8) is 0 Å². The van der Waals surface area contributed by atoms with Gasteiger partial charge < -0.3 is 4.79 Å². The fourth-order valence-electron chi connectivity index (χ4n) is 0.838. The topological polar surface area (TPSA) is 103 Å². The molecule has 0 saturated heterocycles. The van der Waals surface area contributed by atoms with E-state index in [4.69, 9.17) is 0 Å². The third-order valence-electron chi connectivity index (χ3n) is 1.66. The molecule has 1 rings (SSSR count). The van der Waals surface area contributed by atoms with Crippen LogP contribution in [0.3, 0.4) is 0 Å². The number of carbonyl (C=O) groups excluding carboxylic acids is 1. The van der Waals surface area contributed by atoms with Gasteiger partial charge in [-0.15, -0.1) is 0 Å². The molecule has 0 aliphatic heterocycles. The number of hydrogen-bond donors (Lipinski definition) is 0. The second-order valence-electron chi connectivity index (χ2n) is 2.99. The van der Waals surface area contributed by atoms with E-state index in [1.165, 1.54) is 18.2 Å². The van der Waals surface area contributed by atoms with Gasteiger partial charge in [-0.25, -0.2) is 0 Å². The van der Waals surface area contributed by atoms with Gasteiger partial charge >= 0.3 is 0 Å². The highest BCUT2D eigenvalue weighted by molar-refractivity contribution is 5.48. The van der Waals surface area contributed by atoms with Crippen molar-refractivity contribution < 1.29 is 14.6 Å². The van der Waals surface area contributed by atoms with Crippen LogP contribution in [-0.2, 0) is 4.79 Å². The summed E-state index contributed by atoms with van der Waals surface area (Å²) in [5.41, 5.74) is -0.548. The van der Waals surface area contributed by atoms with Crippen LogP contribution in [-0.4, -0.2) is 16.1 Å². The minimum absolute atomic E-state index is 0.274. The minimum atomic E-state index is -0.674. The van der Waals surface area contributed by atoms with E-state index in [0.29, 0.717) is 6.42 Å². The van der Waals surface area contributed by atoms with E-state index in [1.807, 2.05) is 6.92 Å². The molecule has 1 aromatic rings. The zero-order valence-corrected chi connectivity index (χ0v) is 9.24. The molecule has 0 atom stereocenters. The standard InChI is InChI=1S/C6H4N2O4.C4H8O/c9-7(10)5-2-1-3-6(4-5)8(11)12;1-2-3-4-5/h1-4H;4H,2-3H2,1H3. The molecule has 0 unspecified atom stereocenters. The lowest BCUT2D eigenvalue weighted by molar-refractivity contribution is -0.394. The molecular weight excluding hydrogens is 228 g/mol. The van der Waals surface area contributed by atoms with Crippen LogP contribution in [0.15, 0.2) is 24.3 Å². The molecule has 0 aromatic heterocycles. The van der Waals surface area contributed by atoms with Crippen LogP contribution >= 0.6 is 0 Å². The van der Waals surface area contributed by atoms with Gasteiger partial charge in [-0.05, 0) is 12.5 Å². The molecule has 0 aliphatic carbocycles. The third kappa shape index (κ3) is 5.98. The Morgan fingerprint density at radius 2 is 1.65 bits per heavy atom. The summed E-state index contributed by atoms with van der Waals surface area (Å²) in [7, 11) is 0. The van der Waals surface area contributed by atoms with Gasteiger partial charge in [0.05, 0.1) is 15.9 Å². The second-order valence-corrected chi connectivity index (χ2v) is 2.99. The highest BCUT2D eigenvalue weighted by Gasteiger charge is 2.11. The smallest absolute Gasteiger partial charge is 0.276 e. The first kappa shape index (κ1) is 14.7. The Morgan fingerprint density at radius 1 is 1.18 bits per heavy atom. The Labute approximate surface area is 97.4 Å². The number of hydrogen-bond acceptors (Lipinski definition) is 5. The molecule has 0 spiro atoms. The molecule has 7 heteroatoms. The van der Waals surface area contributed by atoms with E-state index in [-0.39, 0.29) is 11.4 Å². The van der Waals surface area contributed by atoms with Crippen molar-refractivity contribution in [2.45, 2.75) is 19.8 Å². The average molecular weight is 240 g/mol. The number of unbranched alkanes of at least 4 members (excludes halogenated alkanes) is 1. The fourth-order valence-corrected chi connectivity index (χ4v) is 0.838. The SMILES string of the molecule is CCCC=O.O=[N+]([O-])c1cccc([N+](=O)[O-])c1. The maximum Gasteiger partial charge on any atom is 0.276 e. The van der Waals surface area contributed by atoms with Gasteiger partial charge in [0, 0.05) is 18.6 Å². The molecule has 0 heterocycles. The second kappa shape index (κ2) is 7.91. The van der Waals surface area contributed by atoms with E-state index in [2.05, 4.69) is 0 Å². The number of carbonyl (C=O) groups is 1. The Kier molecular flexibility index (Phi) is 6.84. The summed E-state index contributed by atoms with van der Waals surface area (Å²) in [6, 6.07) is 4.59. The Morgan fingerprint density at radius 3 is 1.88 bits per heavy atom. The molecule has 0 bridgehead atoms. The molecule has 1 aromatic carbocycles. The molecule has 0 N–H and O–H groups in total. The van der Waals surface area contributed by atoms with Gasteiger partial charge in [0.25, 0.3) is 11.4 Å². The van der Waals surface area contributed by atoms with E-state index in [0.717, 1.165) is 18.8 Å². The van der Waals surface area contributed by atoms with Crippen LogP contribution in [0.4, 0.5) is 11.4 Å². The number of nitro benzene ring substituents is 2. The van der Waals surface area contributed by atoms with Crippen LogP contribution in [0.2, 0.25) is 0 Å². The summed E-state index contributed by atoms with van der Waals surface area (Å²) < 4.78 is 0. The minimum Gasteiger partial charge on any atom is -0.303 e. The number of non-ortho nitro benzene ring substituents is 2. The van der Waals surface area contributed by atoms with Crippen molar-refractivity contribution in [2.75, 3.05) is 0 Å². The predicted octanol–water partition coefficient (Wildman–Crippen LogP) is 2.49. The van der Waals surface area contributed by atoms with Crippen molar-refractivity contribution in [3.8, 4) is 0 Å². The number of aldehydes is 1. The monoisotopic (exact) mass is 240 g/mol. The van der Waals surface area contributed by atoms with Crippen LogP contribution in [0.5, 0.6) is 0 Å². The summed E-state index contributed by atoms with van der Waals surface area (Å²) >= 11 is 0. The summed E-state index contributed by atoms with van der Waals surface area (Å²) in [4.78, 5) is 28.4. The maximum atomic E-state index is 10.2. The van der Waals surface area contributed by atoms with E-state index in [9.17, 15) is 25.0 Å². The van der Waals surface area contributed by atoms with Crippen molar-refractivity contribution >= 4 is 17.7 Å². The van der Waals surface area contributed by atoms with Crippen LogP contribution in [0.1, 0.15) is 19.8 Å². The predicted molar refractivity (Wildman–Crippen MR) is 60.7 cm³/mol. The summed E-state index contributed by atoms with van der Waals surface area (Å²) in [6.07, 6.45) is 2.61. The van der Waals surface area contributed by atoms with Crippen LogP contribution < -0.4 is 0 Å². The lowest BCUT2D eigenvalue weighted by atomic mass is 10.3. The Bertz CT molecular complexity index is 376. The molecule has 0 radical (unpaired) electrons. The van der Waals surface area contributed by atoms with Crippen molar-refractivity contribution in [1.82, 2.24) is 0 Å². The molecule has 0 saturated carbocycles. The molecule has 17 heavy (non-hydrogen) atoms. The first-order valence-corrected chi connectivity index (χ1v) is 4.85. The zero-order chi connectivity index (χ0) is 13.3. The van der Waals surface area contributed by atoms with Gasteiger partial charge in [-0.2, -0.15) is 0 Å². The number of rotatable bonds is 4. The van der Waals surface area contributed by atoms with E-state index in [1.54, 1.807) is 0 Å². The largest absolute Gasteiger partial charge is 0.303 e. The fraction of sp³-hybridized carbons (Fsp3) is 0.300. The third-order valence-corrected chi connectivity index (χ3v) is 1.66. The van der Waals surface area contributed by atoms with Crippen molar-refractivity contribution in [3.05, 3.63) is 44.5 Å². The average Bonchev–Trinajstić information content (AvgIpc) is 2.31. The molecule has 7 nitrogen and oxygen atoms in total. The number of nitro groups is 2. The molecule has 0 amide bonds. The highest BCUT2D eigenvalue weighted by atomic mass is 16.6. The van der Waals surface area contributed by atoms with Gasteiger partial charge in [-0.3, -0.25) is 20.2 Å². The molecule has 0 aliphatic rings. The quantitative estimate of drug-likeness (QED) is 0.456. The highest BCUT2D eigenvalue weighted by Crippen LogP contribution is 2.18. The van der Waals surface area contributed by atoms with E-state index >= 15 is 0 Å². The first-order valence-electron chi connectivity index (χ1n) is 4.85. The zero-order valence-electron chi connectivity index (χ0n) is 9.24. The van der Waals surface area contributed by atoms with Crippen LogP contribution in [0.25, 0.3) is 0 Å². The van der Waals surface area contributed by atoms with Crippen molar-refractivity contribution in [2.24, 2.45) is 0 Å². The summed E-state index contributed by atoms with van der Waals surface area (Å²) in [5, 5.41) is 20.3. The maximum absolute atomic E-state index is 10.2. The van der Waals surface area contributed by atoms with Gasteiger partial charge in [0.2, 0.25) is 0 Å². The summed E-state index contributed by atoms with van der Waals surface area (Å²) in [5.74, 6) is 0. The normalized spacial score (nSPS) is 8.76. The van der Waals surface area contributed by atoms with Crippen LogP contribution in [0, 0.1) is 20.2 Å². The first-order chi connectivity index (χ1) is 8.02. The lowest BCUT2D eigenvalue weighted by Gasteiger charge is -1.90. The lowest BCUT2D eigenvalue weighted by Crippen LogP contribution is -1.91. The van der Waals surface area contributed by atoms with Gasteiger partial charge in [0.15, 0.2) is 0 Å². The van der Waals surface area contributed by atoms with Gasteiger partial charge in [0.1, 0.15) is 6.29 Å². The molecule has 0 fully saturated rings. The molecule has 92 valence electrons. The number of benzene rings is 1. The van der Waals surface area contributed by atoms with Crippen molar-refractivity contribution in [1.29, 1.82) is 0 Å².